The van der Waals surface area contributed by atoms with Gasteiger partial charge in [0.1, 0.15) is 5.69 Å². The maximum atomic E-state index is 12.0. The van der Waals surface area contributed by atoms with Crippen molar-refractivity contribution >= 4 is 0 Å². The van der Waals surface area contributed by atoms with E-state index in [1.54, 1.807) is 0 Å². The van der Waals surface area contributed by atoms with E-state index >= 15 is 0 Å². The molecule has 0 aliphatic heterocycles. The van der Waals surface area contributed by atoms with Gasteiger partial charge in [-0.15, -0.1) is 0 Å². The first-order valence-corrected chi connectivity index (χ1v) is 3.23. The molecule has 0 saturated heterocycles. The summed E-state index contributed by atoms with van der Waals surface area (Å²) in [7, 11) is 0. The summed E-state index contributed by atoms with van der Waals surface area (Å²) in [6, 6.07) is 1.54. The van der Waals surface area contributed by atoms with Crippen LogP contribution in [-0.4, -0.2) is 4.98 Å². The van der Waals surface area contributed by atoms with Crippen molar-refractivity contribution in [3.05, 3.63) is 29.6 Å². The first kappa shape index (κ1) is 9.88. The highest BCUT2D eigenvalue weighted by Crippen LogP contribution is 2.34. The fourth-order valence-corrected chi connectivity index (χ4v) is 0.831. The summed E-state index contributed by atoms with van der Waals surface area (Å²) in [6.45, 7) is 0. The largest absolute Gasteiger partial charge is 0.418 e. The number of hydrogen-bond acceptors (Lipinski definition) is 1. The molecule has 0 N–H and O–H groups in total. The van der Waals surface area contributed by atoms with E-state index < -0.39 is 23.9 Å². The average molecular weight is 197 g/mol. The van der Waals surface area contributed by atoms with Crippen molar-refractivity contribution in [1.29, 1.82) is 0 Å². The number of hydrogen-bond donors (Lipinski definition) is 0. The minimum atomic E-state index is -4.78. The van der Waals surface area contributed by atoms with E-state index in [2.05, 4.69) is 4.98 Å². The zero-order valence-electron chi connectivity index (χ0n) is 6.15. The Morgan fingerprint density at radius 1 is 1.23 bits per heavy atom. The Kier molecular flexibility index (Phi) is 2.49. The minimum Gasteiger partial charge on any atom is -0.255 e. The normalized spacial score (nSPS) is 12.2. The lowest BCUT2D eigenvalue weighted by Gasteiger charge is -2.09. The summed E-state index contributed by atoms with van der Waals surface area (Å²) in [6.07, 6.45) is -7.09. The molecular weight excluding hydrogens is 193 g/mol. The Morgan fingerprint density at radius 2 is 1.85 bits per heavy atom. The molecule has 0 radical (unpaired) electrons. The molecule has 13 heavy (non-hydrogen) atoms. The van der Waals surface area contributed by atoms with Gasteiger partial charge in [0.15, 0.2) is 0 Å². The lowest BCUT2D eigenvalue weighted by atomic mass is 10.2. The number of halogens is 5. The van der Waals surface area contributed by atoms with Gasteiger partial charge in [-0.3, -0.25) is 4.98 Å². The van der Waals surface area contributed by atoms with Crippen LogP contribution in [0.4, 0.5) is 22.0 Å². The first-order valence-electron chi connectivity index (χ1n) is 3.23. The topological polar surface area (TPSA) is 12.9 Å². The summed E-state index contributed by atoms with van der Waals surface area (Å²) in [4.78, 5) is 2.97. The Labute approximate surface area is 70.2 Å². The van der Waals surface area contributed by atoms with Crippen LogP contribution in [0.2, 0.25) is 0 Å². The van der Waals surface area contributed by atoms with Gasteiger partial charge < -0.3 is 0 Å². The SMILES string of the molecule is FC(F)c1ncccc1C(F)(F)F. The number of alkyl halides is 5. The molecule has 72 valence electrons. The van der Waals surface area contributed by atoms with Gasteiger partial charge >= 0.3 is 6.18 Å². The van der Waals surface area contributed by atoms with Gasteiger partial charge in [-0.05, 0) is 12.1 Å². The fourth-order valence-electron chi connectivity index (χ4n) is 0.831. The third-order valence-corrected chi connectivity index (χ3v) is 1.35. The summed E-state index contributed by atoms with van der Waals surface area (Å²) < 4.78 is 60.1. The molecular formula is C7H4F5N. The molecule has 1 aromatic rings. The molecule has 1 rings (SSSR count). The molecule has 6 heteroatoms. The van der Waals surface area contributed by atoms with Crippen LogP contribution in [0.5, 0.6) is 0 Å². The Bertz CT molecular complexity index is 293. The highest BCUT2D eigenvalue weighted by Gasteiger charge is 2.36. The van der Waals surface area contributed by atoms with Crippen molar-refractivity contribution in [3.63, 3.8) is 0 Å². The zero-order valence-corrected chi connectivity index (χ0v) is 6.15. The molecule has 0 aliphatic rings. The van der Waals surface area contributed by atoms with Crippen LogP contribution in [0.15, 0.2) is 18.3 Å². The van der Waals surface area contributed by atoms with Crippen molar-refractivity contribution in [1.82, 2.24) is 4.98 Å². The molecule has 0 unspecified atom stereocenters. The summed E-state index contributed by atoms with van der Waals surface area (Å²) in [5.74, 6) is 0. The monoisotopic (exact) mass is 197 g/mol. The molecule has 0 amide bonds. The molecule has 1 nitrogen and oxygen atoms in total. The molecule has 0 aliphatic carbocycles. The van der Waals surface area contributed by atoms with E-state index in [1.165, 1.54) is 0 Å². The van der Waals surface area contributed by atoms with Gasteiger partial charge in [0.2, 0.25) is 0 Å². The third kappa shape index (κ3) is 2.13. The minimum absolute atomic E-state index is 0.578. The van der Waals surface area contributed by atoms with Gasteiger partial charge in [0, 0.05) is 6.20 Å². The quantitative estimate of drug-likeness (QED) is 0.630. The van der Waals surface area contributed by atoms with Gasteiger partial charge in [0.25, 0.3) is 6.43 Å². The number of aromatic nitrogens is 1. The van der Waals surface area contributed by atoms with Crippen LogP contribution >= 0.6 is 0 Å². The van der Waals surface area contributed by atoms with Crippen LogP contribution < -0.4 is 0 Å². The van der Waals surface area contributed by atoms with E-state index in [0.717, 1.165) is 12.3 Å². The predicted molar refractivity (Wildman–Crippen MR) is 34.2 cm³/mol. The summed E-state index contributed by atoms with van der Waals surface area (Å²) >= 11 is 0. The molecule has 0 bridgehead atoms. The van der Waals surface area contributed by atoms with E-state index in [4.69, 9.17) is 0 Å². The van der Waals surface area contributed by atoms with E-state index in [1.807, 2.05) is 0 Å². The molecule has 0 saturated carbocycles. The van der Waals surface area contributed by atoms with Crippen LogP contribution in [-0.2, 0) is 6.18 Å². The van der Waals surface area contributed by atoms with E-state index in [0.29, 0.717) is 6.07 Å². The average Bonchev–Trinajstić information content (AvgIpc) is 2.03. The smallest absolute Gasteiger partial charge is 0.255 e. The molecule has 0 atom stereocenters. The van der Waals surface area contributed by atoms with Gasteiger partial charge in [-0.2, -0.15) is 13.2 Å². The standard InChI is InChI=1S/C7H4F5N/c8-6(9)5-4(7(10,11)12)2-1-3-13-5/h1-3,6H. The second-order valence-electron chi connectivity index (χ2n) is 2.23. The van der Waals surface area contributed by atoms with Crippen LogP contribution in [0.1, 0.15) is 17.7 Å². The van der Waals surface area contributed by atoms with Gasteiger partial charge in [-0.1, -0.05) is 0 Å². The van der Waals surface area contributed by atoms with Crippen molar-refractivity contribution in [2.24, 2.45) is 0 Å². The van der Waals surface area contributed by atoms with Crippen LogP contribution in [0.3, 0.4) is 0 Å². The number of rotatable bonds is 1. The second kappa shape index (κ2) is 3.27. The van der Waals surface area contributed by atoms with E-state index in [-0.39, 0.29) is 0 Å². The fraction of sp³-hybridized carbons (Fsp3) is 0.286. The van der Waals surface area contributed by atoms with Crippen molar-refractivity contribution < 1.29 is 22.0 Å². The lowest BCUT2D eigenvalue weighted by molar-refractivity contribution is -0.139. The lowest BCUT2D eigenvalue weighted by Crippen LogP contribution is -2.10. The third-order valence-electron chi connectivity index (χ3n) is 1.35. The summed E-state index contributed by atoms with van der Waals surface area (Å²) in [5, 5.41) is 0. The molecule has 1 heterocycles. The number of pyridine rings is 1. The molecule has 0 aromatic carbocycles. The Balaban J connectivity index is 3.20. The number of nitrogens with zero attached hydrogens (tertiary/aromatic N) is 1. The van der Waals surface area contributed by atoms with Crippen LogP contribution in [0.25, 0.3) is 0 Å². The second-order valence-corrected chi connectivity index (χ2v) is 2.23. The highest BCUT2D eigenvalue weighted by molar-refractivity contribution is 5.23. The zero-order chi connectivity index (χ0) is 10.1. The molecule has 0 spiro atoms. The van der Waals surface area contributed by atoms with E-state index in [9.17, 15) is 22.0 Å². The van der Waals surface area contributed by atoms with Crippen molar-refractivity contribution in [2.75, 3.05) is 0 Å². The Morgan fingerprint density at radius 3 is 2.23 bits per heavy atom. The highest BCUT2D eigenvalue weighted by atomic mass is 19.4. The van der Waals surface area contributed by atoms with Crippen LogP contribution in [0, 0.1) is 0 Å². The summed E-state index contributed by atoms with van der Waals surface area (Å²) in [5.41, 5.74) is -2.61. The maximum Gasteiger partial charge on any atom is 0.418 e. The molecule has 0 fully saturated rings. The van der Waals surface area contributed by atoms with Crippen molar-refractivity contribution in [3.8, 4) is 0 Å². The predicted octanol–water partition coefficient (Wildman–Crippen LogP) is 3.04. The molecule has 1 aromatic heterocycles. The van der Waals surface area contributed by atoms with Crippen molar-refractivity contribution in [2.45, 2.75) is 12.6 Å². The van der Waals surface area contributed by atoms with Gasteiger partial charge in [-0.25, -0.2) is 8.78 Å². The van der Waals surface area contributed by atoms with Gasteiger partial charge in [0.05, 0.1) is 5.56 Å². The Hall–Kier alpha value is -1.20. The first-order chi connectivity index (χ1) is 5.93. The maximum absolute atomic E-state index is 12.0.